The van der Waals surface area contributed by atoms with Gasteiger partial charge in [0.25, 0.3) is 0 Å². The Bertz CT molecular complexity index is 2840. The van der Waals surface area contributed by atoms with E-state index in [1.807, 2.05) is 12.1 Å². The van der Waals surface area contributed by atoms with Crippen molar-refractivity contribution in [2.24, 2.45) is 0 Å². The van der Waals surface area contributed by atoms with Gasteiger partial charge in [-0.2, -0.15) is 0 Å². The Morgan fingerprint density at radius 1 is 0.312 bits per heavy atom. The number of hydrogen-bond donors (Lipinski definition) is 0. The lowest BCUT2D eigenvalue weighted by atomic mass is 9.93. The number of para-hydroxylation sites is 1. The van der Waals surface area contributed by atoms with Crippen LogP contribution in [0.3, 0.4) is 0 Å². The van der Waals surface area contributed by atoms with Crippen LogP contribution in [0.25, 0.3) is 76.2 Å². The Kier molecular flexibility index (Phi) is 5.91. The van der Waals surface area contributed by atoms with Crippen molar-refractivity contribution in [3.05, 3.63) is 176 Å². The minimum atomic E-state index is 0.891. The first-order chi connectivity index (χ1) is 23.8. The molecule has 2 nitrogen and oxygen atoms in total. The molecule has 0 amide bonds. The summed E-state index contributed by atoms with van der Waals surface area (Å²) in [4.78, 5) is 2.37. The summed E-state index contributed by atoms with van der Waals surface area (Å²) in [5.74, 6) is 0. The van der Waals surface area contributed by atoms with Crippen LogP contribution in [0.15, 0.2) is 180 Å². The molecule has 10 aromatic rings. The molecule has 0 aliphatic carbocycles. The summed E-state index contributed by atoms with van der Waals surface area (Å²) in [5, 5.41) is 12.4. The topological polar surface area (TPSA) is 16.4 Å². The van der Waals surface area contributed by atoms with Crippen LogP contribution >= 0.6 is 0 Å². The number of fused-ring (bicyclic) bond motifs is 10. The normalized spacial score (nSPS) is 11.8. The second-order valence-electron chi connectivity index (χ2n) is 12.5. The number of furan rings is 1. The molecule has 0 saturated carbocycles. The molecule has 0 unspecified atom stereocenters. The molecule has 0 saturated heterocycles. The first kappa shape index (κ1) is 26.8. The maximum Gasteiger partial charge on any atom is 0.135 e. The third-order valence-corrected chi connectivity index (χ3v) is 9.78. The first-order valence-corrected chi connectivity index (χ1v) is 16.4. The van der Waals surface area contributed by atoms with Gasteiger partial charge < -0.3 is 9.32 Å². The maximum absolute atomic E-state index is 6.22. The molecule has 1 aromatic heterocycles. The zero-order valence-corrected chi connectivity index (χ0v) is 26.1. The maximum atomic E-state index is 6.22. The van der Waals surface area contributed by atoms with Gasteiger partial charge in [0.05, 0.1) is 0 Å². The third kappa shape index (κ3) is 4.20. The largest absolute Gasteiger partial charge is 0.456 e. The van der Waals surface area contributed by atoms with E-state index in [1.165, 1.54) is 54.2 Å². The molecular formula is C46H29NO. The van der Waals surface area contributed by atoms with Gasteiger partial charge in [0.1, 0.15) is 11.2 Å². The van der Waals surface area contributed by atoms with Gasteiger partial charge in [0.15, 0.2) is 0 Å². The summed E-state index contributed by atoms with van der Waals surface area (Å²) in [6, 6.07) is 63.4. The zero-order valence-electron chi connectivity index (χ0n) is 26.1. The molecule has 0 aliphatic rings. The number of benzene rings is 9. The molecule has 0 bridgehead atoms. The average molecular weight is 612 g/mol. The molecule has 48 heavy (non-hydrogen) atoms. The van der Waals surface area contributed by atoms with Crippen molar-refractivity contribution >= 4 is 82.1 Å². The summed E-state index contributed by atoms with van der Waals surface area (Å²) >= 11 is 0. The van der Waals surface area contributed by atoms with Gasteiger partial charge in [0.2, 0.25) is 0 Å². The molecule has 0 aliphatic heterocycles. The lowest BCUT2D eigenvalue weighted by Gasteiger charge is -2.26. The number of nitrogens with zero attached hydrogens (tertiary/aromatic N) is 1. The third-order valence-electron chi connectivity index (χ3n) is 9.78. The average Bonchev–Trinajstić information content (AvgIpc) is 3.53. The van der Waals surface area contributed by atoms with E-state index >= 15 is 0 Å². The summed E-state index contributed by atoms with van der Waals surface area (Å²) in [7, 11) is 0. The molecule has 2 heteroatoms. The molecule has 0 radical (unpaired) electrons. The predicted molar refractivity (Wildman–Crippen MR) is 204 cm³/mol. The van der Waals surface area contributed by atoms with E-state index in [2.05, 4.69) is 169 Å². The van der Waals surface area contributed by atoms with Crippen molar-refractivity contribution < 1.29 is 4.42 Å². The Morgan fingerprint density at radius 2 is 0.896 bits per heavy atom. The lowest BCUT2D eigenvalue weighted by Crippen LogP contribution is -2.10. The van der Waals surface area contributed by atoms with E-state index in [9.17, 15) is 0 Å². The minimum absolute atomic E-state index is 0.891. The fraction of sp³-hybridized carbons (Fsp3) is 0. The zero-order chi connectivity index (χ0) is 31.6. The van der Waals surface area contributed by atoms with Crippen LogP contribution in [0.4, 0.5) is 17.1 Å². The van der Waals surface area contributed by atoms with E-state index in [-0.39, 0.29) is 0 Å². The highest BCUT2D eigenvalue weighted by atomic mass is 16.3. The number of anilines is 3. The van der Waals surface area contributed by atoms with E-state index in [0.29, 0.717) is 0 Å². The van der Waals surface area contributed by atoms with Gasteiger partial charge in [-0.25, -0.2) is 0 Å². The Labute approximate surface area is 277 Å². The Morgan fingerprint density at radius 3 is 1.73 bits per heavy atom. The van der Waals surface area contributed by atoms with Crippen LogP contribution in [0.5, 0.6) is 0 Å². The van der Waals surface area contributed by atoms with Crippen molar-refractivity contribution in [2.75, 3.05) is 4.90 Å². The molecule has 1 heterocycles. The summed E-state index contributed by atoms with van der Waals surface area (Å²) in [6.07, 6.45) is 0. The first-order valence-electron chi connectivity index (χ1n) is 16.4. The molecule has 0 fully saturated rings. The second-order valence-corrected chi connectivity index (χ2v) is 12.5. The molecule has 10 rings (SSSR count). The van der Waals surface area contributed by atoms with Crippen LogP contribution in [-0.2, 0) is 0 Å². The van der Waals surface area contributed by atoms with Gasteiger partial charge in [-0.05, 0) is 103 Å². The highest BCUT2D eigenvalue weighted by Crippen LogP contribution is 2.42. The number of rotatable bonds is 4. The van der Waals surface area contributed by atoms with Crippen molar-refractivity contribution in [1.29, 1.82) is 0 Å². The van der Waals surface area contributed by atoms with Gasteiger partial charge in [-0.15, -0.1) is 0 Å². The lowest BCUT2D eigenvalue weighted by molar-refractivity contribution is 0.669. The van der Waals surface area contributed by atoms with Crippen molar-refractivity contribution in [2.45, 2.75) is 0 Å². The number of hydrogen-bond acceptors (Lipinski definition) is 2. The highest BCUT2D eigenvalue weighted by molar-refractivity contribution is 6.27. The molecule has 0 atom stereocenters. The van der Waals surface area contributed by atoms with Crippen LogP contribution in [0, 0.1) is 0 Å². The molecule has 224 valence electrons. The quantitative estimate of drug-likeness (QED) is 0.184. The van der Waals surface area contributed by atoms with Gasteiger partial charge in [-0.1, -0.05) is 127 Å². The molecule has 9 aromatic carbocycles. The van der Waals surface area contributed by atoms with Gasteiger partial charge in [-0.3, -0.25) is 0 Å². The van der Waals surface area contributed by atoms with Gasteiger partial charge in [0, 0.05) is 27.8 Å². The second kappa shape index (κ2) is 10.6. The van der Waals surface area contributed by atoms with E-state index in [4.69, 9.17) is 4.42 Å². The molecular weight excluding hydrogens is 583 g/mol. The van der Waals surface area contributed by atoms with E-state index < -0.39 is 0 Å². The van der Waals surface area contributed by atoms with Crippen LogP contribution in [0.2, 0.25) is 0 Å². The monoisotopic (exact) mass is 611 g/mol. The Balaban J connectivity index is 1.22. The summed E-state index contributed by atoms with van der Waals surface area (Å²) in [5.41, 5.74) is 7.44. The smallest absolute Gasteiger partial charge is 0.135 e. The standard InChI is InChI=1S/C46H29NO/c1-2-9-30(10-3-1)34-12-8-13-36(27-34)47(38-24-26-44-42(29-38)41-15-6-7-16-43(41)48-44)37-23-25-40-35(28-37)22-21-33-20-19-32-18-17-31-11-4-5-14-39(31)45(32)46(33)40/h1-29H. The van der Waals surface area contributed by atoms with Crippen LogP contribution in [-0.4, -0.2) is 0 Å². The van der Waals surface area contributed by atoms with Crippen LogP contribution in [0.1, 0.15) is 0 Å². The Hall–Kier alpha value is -6.38. The summed E-state index contributed by atoms with van der Waals surface area (Å²) < 4.78 is 6.22. The predicted octanol–water partition coefficient (Wildman–Crippen LogP) is 13.3. The fourth-order valence-corrected chi connectivity index (χ4v) is 7.53. The molecule has 0 spiro atoms. The molecule has 0 N–H and O–H groups in total. The van der Waals surface area contributed by atoms with Crippen LogP contribution < -0.4 is 4.90 Å². The van der Waals surface area contributed by atoms with Crippen molar-refractivity contribution in [3.8, 4) is 11.1 Å². The van der Waals surface area contributed by atoms with Crippen molar-refractivity contribution in [1.82, 2.24) is 0 Å². The van der Waals surface area contributed by atoms with Gasteiger partial charge >= 0.3 is 0 Å². The van der Waals surface area contributed by atoms with E-state index in [0.717, 1.165) is 39.0 Å². The van der Waals surface area contributed by atoms with Crippen molar-refractivity contribution in [3.63, 3.8) is 0 Å². The summed E-state index contributed by atoms with van der Waals surface area (Å²) in [6.45, 7) is 0. The van der Waals surface area contributed by atoms with E-state index in [1.54, 1.807) is 0 Å². The minimum Gasteiger partial charge on any atom is -0.456 e. The SMILES string of the molecule is c1ccc(-c2cccc(N(c3ccc4c(ccc5ccc6ccc7ccccc7c6c54)c3)c3ccc4oc5ccccc5c4c3)c2)cc1. The highest BCUT2D eigenvalue weighted by Gasteiger charge is 2.18. The fourth-order valence-electron chi connectivity index (χ4n) is 7.53.